The van der Waals surface area contributed by atoms with Crippen LogP contribution in [0.25, 0.3) is 17.1 Å². The van der Waals surface area contributed by atoms with Crippen molar-refractivity contribution in [1.29, 1.82) is 0 Å². The maximum Gasteiger partial charge on any atom is 0.271 e. The molecule has 0 aliphatic carbocycles. The number of carbonyl (C=O) groups is 1. The van der Waals surface area contributed by atoms with Crippen LogP contribution in [-0.4, -0.2) is 30.8 Å². The molecule has 11 heteroatoms. The van der Waals surface area contributed by atoms with Crippen molar-refractivity contribution in [2.45, 2.75) is 43.5 Å². The molecule has 196 valence electrons. The van der Waals surface area contributed by atoms with Crippen LogP contribution in [-0.2, 0) is 10.2 Å². The molecule has 1 N–H and O–H groups in total. The molecule has 0 spiro atoms. The maximum absolute atomic E-state index is 13.0. The Hall–Kier alpha value is -3.40. The summed E-state index contributed by atoms with van der Waals surface area (Å²) in [7, 11) is 0. The predicted octanol–water partition coefficient (Wildman–Crippen LogP) is 7.57. The Morgan fingerprint density at radius 3 is 2.26 bits per heavy atom. The van der Waals surface area contributed by atoms with Gasteiger partial charge in [0.15, 0.2) is 11.0 Å². The molecular weight excluding hydrogens is 545 g/mol. The van der Waals surface area contributed by atoms with Gasteiger partial charge in [-0.05, 0) is 48.2 Å². The number of nitro benzene ring substituents is 1. The zero-order valence-corrected chi connectivity index (χ0v) is 23.4. The number of aromatic nitrogens is 3. The van der Waals surface area contributed by atoms with E-state index in [-0.39, 0.29) is 27.7 Å². The summed E-state index contributed by atoms with van der Waals surface area (Å²) in [6.07, 6.45) is 0. The zero-order chi connectivity index (χ0) is 27.6. The van der Waals surface area contributed by atoms with Gasteiger partial charge in [0.05, 0.1) is 20.9 Å². The molecule has 0 bridgehead atoms. The lowest BCUT2D eigenvalue weighted by molar-refractivity contribution is -0.384. The van der Waals surface area contributed by atoms with Gasteiger partial charge in [-0.15, -0.1) is 10.2 Å². The van der Waals surface area contributed by atoms with Gasteiger partial charge < -0.3 is 5.32 Å². The predicted molar refractivity (Wildman–Crippen MR) is 153 cm³/mol. The molecular formula is C27H25Cl2N5O3S. The summed E-state index contributed by atoms with van der Waals surface area (Å²) in [5, 5.41) is 23.2. The molecule has 0 fully saturated rings. The van der Waals surface area contributed by atoms with E-state index in [9.17, 15) is 14.9 Å². The van der Waals surface area contributed by atoms with Crippen LogP contribution in [0.15, 0.2) is 71.9 Å². The molecule has 1 atom stereocenters. The SMILES string of the molecule is C[C@H](Sc1nnc(-c2ccc(C(C)(C)C)cc2)n1-c1ccc(Cl)cc1)C(=O)Nc1ccc([N+](=O)[O-])cc1Cl. The van der Waals surface area contributed by atoms with Crippen LogP contribution >= 0.6 is 35.0 Å². The van der Waals surface area contributed by atoms with E-state index in [0.717, 1.165) is 11.3 Å². The van der Waals surface area contributed by atoms with Crippen molar-refractivity contribution in [2.24, 2.45) is 0 Å². The fourth-order valence-corrected chi connectivity index (χ4v) is 4.86. The number of benzene rings is 3. The summed E-state index contributed by atoms with van der Waals surface area (Å²) >= 11 is 13.5. The second-order valence-electron chi connectivity index (χ2n) is 9.62. The Bertz CT molecular complexity index is 1480. The number of nitrogens with zero attached hydrogens (tertiary/aromatic N) is 4. The van der Waals surface area contributed by atoms with E-state index in [2.05, 4.69) is 48.4 Å². The van der Waals surface area contributed by atoms with Crippen molar-refractivity contribution < 1.29 is 9.72 Å². The number of nitrogens with one attached hydrogen (secondary N) is 1. The van der Waals surface area contributed by atoms with E-state index in [4.69, 9.17) is 23.2 Å². The number of anilines is 1. The summed E-state index contributed by atoms with van der Waals surface area (Å²) in [5.74, 6) is 0.286. The minimum Gasteiger partial charge on any atom is -0.324 e. The second kappa shape index (κ2) is 11.1. The minimum atomic E-state index is -0.590. The number of halogens is 2. The third-order valence-electron chi connectivity index (χ3n) is 5.80. The molecule has 4 aromatic rings. The Balaban J connectivity index is 1.63. The van der Waals surface area contributed by atoms with E-state index in [0.29, 0.717) is 16.0 Å². The van der Waals surface area contributed by atoms with E-state index in [1.54, 1.807) is 19.1 Å². The van der Waals surface area contributed by atoms with Crippen LogP contribution in [0.2, 0.25) is 10.0 Å². The summed E-state index contributed by atoms with van der Waals surface area (Å²) in [5.41, 5.74) is 3.01. The van der Waals surface area contributed by atoms with Gasteiger partial charge in [-0.25, -0.2) is 0 Å². The van der Waals surface area contributed by atoms with Crippen molar-refractivity contribution in [2.75, 3.05) is 5.32 Å². The molecule has 0 radical (unpaired) electrons. The van der Waals surface area contributed by atoms with Gasteiger partial charge in [0.1, 0.15) is 0 Å². The van der Waals surface area contributed by atoms with Crippen molar-refractivity contribution in [3.63, 3.8) is 0 Å². The number of hydrogen-bond acceptors (Lipinski definition) is 6. The molecule has 8 nitrogen and oxygen atoms in total. The first-order chi connectivity index (χ1) is 17.9. The van der Waals surface area contributed by atoms with Crippen LogP contribution in [0, 0.1) is 10.1 Å². The Morgan fingerprint density at radius 1 is 1.03 bits per heavy atom. The molecule has 4 rings (SSSR count). The summed E-state index contributed by atoms with van der Waals surface area (Å²) in [6, 6.07) is 19.4. The number of rotatable bonds is 7. The molecule has 0 aliphatic rings. The van der Waals surface area contributed by atoms with Crippen molar-refractivity contribution in [3.8, 4) is 17.1 Å². The Kier molecular flexibility index (Phi) is 8.10. The first-order valence-corrected chi connectivity index (χ1v) is 13.3. The molecule has 38 heavy (non-hydrogen) atoms. The Morgan fingerprint density at radius 2 is 1.68 bits per heavy atom. The summed E-state index contributed by atoms with van der Waals surface area (Å²) < 4.78 is 1.88. The number of thioether (sulfide) groups is 1. The Labute approximate surface area is 234 Å². The van der Waals surface area contributed by atoms with E-state index < -0.39 is 10.2 Å². The first-order valence-electron chi connectivity index (χ1n) is 11.7. The standard InChI is InChI=1S/C27H25Cl2N5O3S/c1-16(25(35)30-23-14-13-21(34(36)37)15-22(23)29)38-26-32-31-24(33(26)20-11-9-19(28)10-12-20)17-5-7-18(8-6-17)27(2,3)4/h5-16H,1-4H3,(H,30,35)/t16-/m0/s1. The highest BCUT2D eigenvalue weighted by Gasteiger charge is 2.23. The van der Waals surface area contributed by atoms with Gasteiger partial charge >= 0.3 is 0 Å². The maximum atomic E-state index is 13.0. The smallest absolute Gasteiger partial charge is 0.271 e. The minimum absolute atomic E-state index is 0.0127. The molecule has 0 saturated carbocycles. The third kappa shape index (κ3) is 6.18. The highest BCUT2D eigenvalue weighted by molar-refractivity contribution is 8.00. The third-order valence-corrected chi connectivity index (χ3v) is 7.41. The van der Waals surface area contributed by atoms with Crippen LogP contribution in [0.1, 0.15) is 33.3 Å². The average molecular weight is 571 g/mol. The number of amides is 1. The van der Waals surface area contributed by atoms with Crippen LogP contribution < -0.4 is 5.32 Å². The monoisotopic (exact) mass is 569 g/mol. The molecule has 1 heterocycles. The highest BCUT2D eigenvalue weighted by Crippen LogP contribution is 2.33. The number of carbonyl (C=O) groups excluding carboxylic acids is 1. The fraction of sp³-hybridized carbons (Fsp3) is 0.222. The number of non-ortho nitro benzene ring substituents is 1. The normalized spacial score (nSPS) is 12.3. The molecule has 1 amide bonds. The van der Waals surface area contributed by atoms with Crippen molar-refractivity contribution >= 4 is 52.2 Å². The van der Waals surface area contributed by atoms with Gasteiger partial charge in [0.2, 0.25) is 5.91 Å². The van der Waals surface area contributed by atoms with Crippen molar-refractivity contribution in [1.82, 2.24) is 14.8 Å². The quantitative estimate of drug-likeness (QED) is 0.140. The topological polar surface area (TPSA) is 103 Å². The van der Waals surface area contributed by atoms with E-state index in [1.165, 1.54) is 35.5 Å². The van der Waals surface area contributed by atoms with Gasteiger partial charge in [0.25, 0.3) is 5.69 Å². The molecule has 0 unspecified atom stereocenters. The largest absolute Gasteiger partial charge is 0.324 e. The first kappa shape index (κ1) is 27.6. The van der Waals surface area contributed by atoms with Gasteiger partial charge in [-0.1, -0.05) is 80.0 Å². The highest BCUT2D eigenvalue weighted by atomic mass is 35.5. The van der Waals surface area contributed by atoms with E-state index >= 15 is 0 Å². The zero-order valence-electron chi connectivity index (χ0n) is 21.1. The van der Waals surface area contributed by atoms with Gasteiger partial charge in [0, 0.05) is 28.4 Å². The molecule has 0 aliphatic heterocycles. The van der Waals surface area contributed by atoms with E-state index in [1.807, 2.05) is 28.8 Å². The summed E-state index contributed by atoms with van der Waals surface area (Å²) in [6.45, 7) is 8.20. The lowest BCUT2D eigenvalue weighted by atomic mass is 9.87. The second-order valence-corrected chi connectivity index (χ2v) is 11.8. The van der Waals surface area contributed by atoms with Crippen LogP contribution in [0.4, 0.5) is 11.4 Å². The number of hydrogen-bond donors (Lipinski definition) is 1. The van der Waals surface area contributed by atoms with Crippen LogP contribution in [0.3, 0.4) is 0 Å². The molecule has 3 aromatic carbocycles. The van der Waals surface area contributed by atoms with Gasteiger partial charge in [-0.2, -0.15) is 0 Å². The molecule has 0 saturated heterocycles. The van der Waals surface area contributed by atoms with Crippen molar-refractivity contribution in [3.05, 3.63) is 92.5 Å². The van der Waals surface area contributed by atoms with Crippen LogP contribution in [0.5, 0.6) is 0 Å². The molecule has 1 aromatic heterocycles. The lowest BCUT2D eigenvalue weighted by Gasteiger charge is -2.19. The summed E-state index contributed by atoms with van der Waals surface area (Å²) in [4.78, 5) is 23.4. The number of nitro groups is 1. The fourth-order valence-electron chi connectivity index (χ4n) is 3.64. The average Bonchev–Trinajstić information content (AvgIpc) is 3.28. The van der Waals surface area contributed by atoms with Gasteiger partial charge in [-0.3, -0.25) is 19.5 Å². The lowest BCUT2D eigenvalue weighted by Crippen LogP contribution is -2.23.